The Morgan fingerprint density at radius 1 is 1.13 bits per heavy atom. The van der Waals surface area contributed by atoms with Gasteiger partial charge in [-0.25, -0.2) is 9.48 Å². The average Bonchev–Trinajstić information content (AvgIpc) is 3.59. The number of halogens is 1. The van der Waals surface area contributed by atoms with E-state index >= 15 is 0 Å². The number of rotatable bonds is 9. The maximum absolute atomic E-state index is 11.7. The third-order valence-corrected chi connectivity index (χ3v) is 6.63. The van der Waals surface area contributed by atoms with Crippen LogP contribution in [0.5, 0.6) is 11.5 Å². The molecule has 0 aliphatic carbocycles. The van der Waals surface area contributed by atoms with Gasteiger partial charge in [0.05, 0.1) is 25.6 Å². The SMILES string of the molecule is CON=C(C(=O)O)c1nnnn1CC[C@H]1O[C@H](c2cccc(OC)c2OC)c2cc(Cl)ccc2-n2cccc21. The van der Waals surface area contributed by atoms with E-state index < -0.39 is 23.9 Å². The molecule has 1 N–H and O–H groups in total. The van der Waals surface area contributed by atoms with Gasteiger partial charge in [-0.05, 0) is 53.2 Å². The molecular formula is C26H25ClN6O6. The van der Waals surface area contributed by atoms with E-state index in [-0.39, 0.29) is 12.4 Å². The molecule has 1 aliphatic rings. The zero-order chi connectivity index (χ0) is 27.5. The van der Waals surface area contributed by atoms with Crippen LogP contribution < -0.4 is 9.47 Å². The number of benzene rings is 2. The summed E-state index contributed by atoms with van der Waals surface area (Å²) < 4.78 is 21.5. The van der Waals surface area contributed by atoms with Crippen molar-refractivity contribution in [2.75, 3.05) is 21.3 Å². The van der Waals surface area contributed by atoms with E-state index in [1.54, 1.807) is 14.2 Å². The van der Waals surface area contributed by atoms with Crippen LogP contribution in [0.3, 0.4) is 0 Å². The molecule has 2 aromatic heterocycles. The highest BCUT2D eigenvalue weighted by molar-refractivity contribution is 6.41. The highest BCUT2D eigenvalue weighted by atomic mass is 35.5. The van der Waals surface area contributed by atoms with Crippen LogP contribution in [0.2, 0.25) is 5.02 Å². The number of hydrogen-bond donors (Lipinski definition) is 1. The van der Waals surface area contributed by atoms with Gasteiger partial charge in [0.25, 0.3) is 0 Å². The van der Waals surface area contributed by atoms with Gasteiger partial charge >= 0.3 is 5.97 Å². The van der Waals surface area contributed by atoms with Crippen LogP contribution in [0.4, 0.5) is 0 Å². The minimum Gasteiger partial charge on any atom is -0.493 e. The Labute approximate surface area is 228 Å². The fourth-order valence-corrected chi connectivity index (χ4v) is 4.92. The predicted octanol–water partition coefficient (Wildman–Crippen LogP) is 3.82. The number of para-hydroxylation sites is 1. The molecule has 5 rings (SSSR count). The number of ether oxygens (including phenoxy) is 3. The molecular weight excluding hydrogens is 528 g/mol. The molecule has 13 heteroatoms. The Morgan fingerprint density at radius 3 is 2.72 bits per heavy atom. The summed E-state index contributed by atoms with van der Waals surface area (Å²) in [5.41, 5.74) is 2.99. The van der Waals surface area contributed by atoms with Gasteiger partial charge in [-0.1, -0.05) is 28.9 Å². The number of tetrazole rings is 1. The number of carbonyl (C=O) groups is 1. The molecule has 3 heterocycles. The minimum absolute atomic E-state index is 0.0329. The van der Waals surface area contributed by atoms with Gasteiger partial charge in [0.2, 0.25) is 11.5 Å². The molecule has 0 bridgehead atoms. The Bertz CT molecular complexity index is 1530. The fraction of sp³-hybridized carbons (Fsp3) is 0.269. The second-order valence-electron chi connectivity index (χ2n) is 8.54. The minimum atomic E-state index is -1.31. The van der Waals surface area contributed by atoms with E-state index in [9.17, 15) is 9.90 Å². The fourth-order valence-electron chi connectivity index (χ4n) is 4.74. The van der Waals surface area contributed by atoms with Crippen LogP contribution in [0.1, 0.15) is 41.3 Å². The van der Waals surface area contributed by atoms with Crippen LogP contribution in [-0.4, -0.2) is 62.9 Å². The summed E-state index contributed by atoms with van der Waals surface area (Å²) in [6, 6.07) is 15.2. The van der Waals surface area contributed by atoms with Crippen molar-refractivity contribution < 1.29 is 28.9 Å². The Morgan fingerprint density at radius 2 is 1.97 bits per heavy atom. The molecule has 12 nitrogen and oxygen atoms in total. The molecule has 2 atom stereocenters. The molecule has 202 valence electrons. The Hall–Kier alpha value is -4.42. The summed E-state index contributed by atoms with van der Waals surface area (Å²) in [6.45, 7) is 0.229. The first kappa shape index (κ1) is 26.2. The maximum Gasteiger partial charge on any atom is 0.362 e. The number of methoxy groups -OCH3 is 2. The summed E-state index contributed by atoms with van der Waals surface area (Å²) in [4.78, 5) is 16.4. The van der Waals surface area contributed by atoms with Crippen molar-refractivity contribution in [3.63, 3.8) is 0 Å². The summed E-state index contributed by atoms with van der Waals surface area (Å²) >= 11 is 6.46. The number of carboxylic acids is 1. The van der Waals surface area contributed by atoms with Crippen molar-refractivity contribution in [1.82, 2.24) is 24.8 Å². The van der Waals surface area contributed by atoms with Gasteiger partial charge in [-0.3, -0.25) is 0 Å². The number of nitrogens with zero attached hydrogens (tertiary/aromatic N) is 6. The number of hydrogen-bond acceptors (Lipinski definition) is 9. The standard InChI is InChI=1S/C26H25ClN6O6/c1-36-21-8-4-6-16(24(21)37-2)23-17-14-15(27)9-10-18(17)32-12-5-7-19(32)20(39-23)11-13-33-25(28-30-31-33)22(26(34)35)29-38-3/h4-10,12,14,20,23H,11,13H2,1-3H3,(H,34,35)/t20-,23-/m1/s1. The quantitative estimate of drug-likeness (QED) is 0.243. The third kappa shape index (κ3) is 4.91. The van der Waals surface area contributed by atoms with Crippen LogP contribution in [-0.2, 0) is 20.9 Å². The van der Waals surface area contributed by atoms with Crippen molar-refractivity contribution >= 4 is 23.3 Å². The maximum atomic E-state index is 11.7. The highest BCUT2D eigenvalue weighted by Gasteiger charge is 2.33. The van der Waals surface area contributed by atoms with Gasteiger partial charge < -0.3 is 28.7 Å². The van der Waals surface area contributed by atoms with E-state index in [4.69, 9.17) is 25.8 Å². The summed E-state index contributed by atoms with van der Waals surface area (Å²) in [7, 11) is 4.41. The van der Waals surface area contributed by atoms with E-state index in [1.165, 1.54) is 11.8 Å². The van der Waals surface area contributed by atoms with Gasteiger partial charge in [0.1, 0.15) is 19.3 Å². The Kier molecular flexibility index (Phi) is 7.48. The van der Waals surface area contributed by atoms with Crippen molar-refractivity contribution in [3.05, 3.63) is 82.4 Å². The van der Waals surface area contributed by atoms with Crippen molar-refractivity contribution in [1.29, 1.82) is 0 Å². The summed E-state index contributed by atoms with van der Waals surface area (Å²) in [6.07, 6.45) is 1.31. The molecule has 0 saturated heterocycles. The number of aromatic nitrogens is 5. The molecule has 0 fully saturated rings. The van der Waals surface area contributed by atoms with E-state index in [0.717, 1.165) is 22.5 Å². The van der Waals surface area contributed by atoms with E-state index in [2.05, 4.69) is 30.1 Å². The second kappa shape index (κ2) is 11.1. The van der Waals surface area contributed by atoms with Crippen LogP contribution in [0.25, 0.3) is 5.69 Å². The van der Waals surface area contributed by atoms with E-state index in [0.29, 0.717) is 22.9 Å². The lowest BCUT2D eigenvalue weighted by atomic mass is 9.98. The Balaban J connectivity index is 1.57. The van der Waals surface area contributed by atoms with Gasteiger partial charge in [-0.15, -0.1) is 5.10 Å². The largest absolute Gasteiger partial charge is 0.493 e. The van der Waals surface area contributed by atoms with Crippen LogP contribution >= 0.6 is 11.6 Å². The average molecular weight is 553 g/mol. The normalized spacial score (nSPS) is 16.7. The first-order valence-electron chi connectivity index (χ1n) is 11.9. The number of aliphatic carboxylic acids is 1. The number of aryl methyl sites for hydroxylation is 1. The monoisotopic (exact) mass is 552 g/mol. The predicted molar refractivity (Wildman–Crippen MR) is 140 cm³/mol. The third-order valence-electron chi connectivity index (χ3n) is 6.39. The topological polar surface area (TPSA) is 135 Å². The molecule has 39 heavy (non-hydrogen) atoms. The first-order valence-corrected chi connectivity index (χ1v) is 12.3. The van der Waals surface area contributed by atoms with Crippen molar-refractivity contribution in [2.45, 2.75) is 25.2 Å². The van der Waals surface area contributed by atoms with Gasteiger partial charge in [0.15, 0.2) is 11.5 Å². The molecule has 2 aromatic carbocycles. The van der Waals surface area contributed by atoms with Crippen molar-refractivity contribution in [2.24, 2.45) is 5.16 Å². The second-order valence-corrected chi connectivity index (χ2v) is 8.97. The summed E-state index contributed by atoms with van der Waals surface area (Å²) in [5.74, 6) is -0.232. The smallest absolute Gasteiger partial charge is 0.362 e. The molecule has 0 unspecified atom stereocenters. The van der Waals surface area contributed by atoms with Gasteiger partial charge in [-0.2, -0.15) is 0 Å². The van der Waals surface area contributed by atoms with Crippen LogP contribution in [0.15, 0.2) is 59.9 Å². The lowest BCUT2D eigenvalue weighted by Crippen LogP contribution is -2.22. The lowest BCUT2D eigenvalue weighted by Gasteiger charge is -2.25. The molecule has 4 aromatic rings. The lowest BCUT2D eigenvalue weighted by molar-refractivity contribution is -0.129. The molecule has 1 aliphatic heterocycles. The molecule has 0 amide bonds. The van der Waals surface area contributed by atoms with Crippen LogP contribution in [0, 0.1) is 0 Å². The van der Waals surface area contributed by atoms with Crippen molar-refractivity contribution in [3.8, 4) is 17.2 Å². The number of fused-ring (bicyclic) bond motifs is 3. The number of oxime groups is 1. The van der Waals surface area contributed by atoms with E-state index in [1.807, 2.05) is 54.7 Å². The molecule has 0 radical (unpaired) electrons. The van der Waals surface area contributed by atoms with Gasteiger partial charge in [0, 0.05) is 28.9 Å². The summed E-state index contributed by atoms with van der Waals surface area (Å²) in [5, 5.41) is 25.1. The zero-order valence-corrected chi connectivity index (χ0v) is 22.1. The first-order chi connectivity index (χ1) is 19.0. The molecule has 0 spiro atoms. The number of carboxylic acid groups (broad SMARTS) is 1. The molecule has 0 saturated carbocycles. The highest BCUT2D eigenvalue weighted by Crippen LogP contribution is 2.46. The zero-order valence-electron chi connectivity index (χ0n) is 21.3.